The molecular formula is C17H24N4O. The van der Waals surface area contributed by atoms with Crippen LogP contribution in [0.4, 0.5) is 0 Å². The molecule has 4 rings (SSSR count). The highest BCUT2D eigenvalue weighted by Gasteiger charge is 2.35. The monoisotopic (exact) mass is 300 g/mol. The van der Waals surface area contributed by atoms with E-state index in [9.17, 15) is 5.11 Å². The van der Waals surface area contributed by atoms with Gasteiger partial charge < -0.3 is 10.4 Å². The zero-order valence-corrected chi connectivity index (χ0v) is 13.0. The Kier molecular flexibility index (Phi) is 3.45. The molecule has 3 unspecified atom stereocenters. The number of rotatable bonds is 2. The fourth-order valence-corrected chi connectivity index (χ4v) is 4.16. The molecular weight excluding hydrogens is 276 g/mol. The van der Waals surface area contributed by atoms with Gasteiger partial charge in [-0.05, 0) is 49.8 Å². The topological polar surface area (TPSA) is 59.9 Å². The van der Waals surface area contributed by atoms with Crippen molar-refractivity contribution in [2.24, 2.45) is 16.9 Å². The molecule has 4 aliphatic rings. The minimum Gasteiger partial charge on any atom is -0.513 e. The van der Waals surface area contributed by atoms with E-state index in [1.807, 2.05) is 12.3 Å². The fourth-order valence-electron chi connectivity index (χ4n) is 4.16. The third kappa shape index (κ3) is 2.33. The average molecular weight is 300 g/mol. The molecule has 1 fully saturated rings. The number of aliphatic hydroxyl groups is 1. The molecule has 3 aliphatic heterocycles. The molecule has 0 radical (unpaired) electrons. The second kappa shape index (κ2) is 5.47. The van der Waals surface area contributed by atoms with Crippen molar-refractivity contribution in [2.45, 2.75) is 38.8 Å². The molecule has 1 aliphatic carbocycles. The van der Waals surface area contributed by atoms with E-state index in [0.717, 1.165) is 38.8 Å². The van der Waals surface area contributed by atoms with E-state index in [1.165, 1.54) is 17.0 Å². The van der Waals surface area contributed by atoms with Gasteiger partial charge in [-0.1, -0.05) is 0 Å². The standard InChI is InChI=1S/C17H24N4O/c1-11-15(12-3-2-4-13(22)9-12)10-21(20-11)16-6-8-19-17-14(16)5-7-18-17/h4,6,8,12,15,17-19,22H,2-3,5,7,9-10H2,1H3. The van der Waals surface area contributed by atoms with Gasteiger partial charge in [0.1, 0.15) is 6.17 Å². The summed E-state index contributed by atoms with van der Waals surface area (Å²) in [4.78, 5) is 0. The molecule has 0 aromatic carbocycles. The summed E-state index contributed by atoms with van der Waals surface area (Å²) >= 11 is 0. The minimum absolute atomic E-state index is 0.274. The van der Waals surface area contributed by atoms with E-state index in [1.54, 1.807) is 0 Å². The van der Waals surface area contributed by atoms with Crippen molar-refractivity contribution in [3.05, 3.63) is 35.4 Å². The van der Waals surface area contributed by atoms with Crippen LogP contribution >= 0.6 is 0 Å². The Morgan fingerprint density at radius 1 is 1.41 bits per heavy atom. The van der Waals surface area contributed by atoms with Crippen LogP contribution in [0.3, 0.4) is 0 Å². The first-order valence-corrected chi connectivity index (χ1v) is 8.32. The largest absolute Gasteiger partial charge is 0.513 e. The molecule has 22 heavy (non-hydrogen) atoms. The lowest BCUT2D eigenvalue weighted by Crippen LogP contribution is -2.38. The first kappa shape index (κ1) is 13.9. The van der Waals surface area contributed by atoms with Crippen LogP contribution in [0.15, 0.2) is 40.5 Å². The van der Waals surface area contributed by atoms with E-state index >= 15 is 0 Å². The van der Waals surface area contributed by atoms with Crippen LogP contribution in [0, 0.1) is 11.8 Å². The third-order valence-corrected chi connectivity index (χ3v) is 5.34. The summed E-state index contributed by atoms with van der Waals surface area (Å²) < 4.78 is 0. The van der Waals surface area contributed by atoms with Crippen LogP contribution in [0.25, 0.3) is 0 Å². The summed E-state index contributed by atoms with van der Waals surface area (Å²) in [7, 11) is 0. The number of allylic oxidation sites excluding steroid dienone is 3. The summed E-state index contributed by atoms with van der Waals surface area (Å²) in [5, 5.41) is 23.7. The molecule has 0 amide bonds. The Balaban J connectivity index is 1.54. The summed E-state index contributed by atoms with van der Waals surface area (Å²) in [6.07, 6.45) is 10.4. The number of nitrogens with zero attached hydrogens (tertiary/aromatic N) is 2. The lowest BCUT2D eigenvalue weighted by molar-refractivity contribution is 0.262. The Bertz CT molecular complexity index is 589. The molecule has 118 valence electrons. The maximum absolute atomic E-state index is 9.83. The first-order valence-electron chi connectivity index (χ1n) is 8.32. The van der Waals surface area contributed by atoms with Gasteiger partial charge in [0.05, 0.1) is 11.5 Å². The normalized spacial score (nSPS) is 34.4. The summed E-state index contributed by atoms with van der Waals surface area (Å²) in [6.45, 7) is 4.11. The lowest BCUT2D eigenvalue weighted by atomic mass is 9.80. The van der Waals surface area contributed by atoms with E-state index in [0.29, 0.717) is 17.6 Å². The molecule has 3 atom stereocenters. The van der Waals surface area contributed by atoms with E-state index < -0.39 is 0 Å². The zero-order valence-electron chi connectivity index (χ0n) is 13.0. The number of hydrogen-bond acceptors (Lipinski definition) is 5. The van der Waals surface area contributed by atoms with Crippen LogP contribution in [0.2, 0.25) is 0 Å². The number of nitrogens with one attached hydrogen (secondary N) is 2. The van der Waals surface area contributed by atoms with Gasteiger partial charge in [0, 0.05) is 37.3 Å². The smallest absolute Gasteiger partial charge is 0.101 e. The number of hydrogen-bond donors (Lipinski definition) is 3. The molecule has 5 heteroatoms. The predicted molar refractivity (Wildman–Crippen MR) is 87.1 cm³/mol. The molecule has 0 spiro atoms. The molecule has 0 bridgehead atoms. The van der Waals surface area contributed by atoms with Crippen molar-refractivity contribution in [3.8, 4) is 0 Å². The van der Waals surface area contributed by atoms with Crippen molar-refractivity contribution in [1.29, 1.82) is 0 Å². The van der Waals surface area contributed by atoms with Crippen LogP contribution in [-0.4, -0.2) is 35.1 Å². The summed E-state index contributed by atoms with van der Waals surface area (Å²) in [5.74, 6) is 1.54. The van der Waals surface area contributed by atoms with Crippen molar-refractivity contribution in [2.75, 3.05) is 13.1 Å². The zero-order chi connectivity index (χ0) is 15.1. The Morgan fingerprint density at radius 2 is 2.32 bits per heavy atom. The van der Waals surface area contributed by atoms with Gasteiger partial charge in [-0.2, -0.15) is 5.10 Å². The number of dihydropyridines is 1. The maximum Gasteiger partial charge on any atom is 0.101 e. The number of aliphatic hydroxyl groups excluding tert-OH is 1. The van der Waals surface area contributed by atoms with Crippen LogP contribution in [-0.2, 0) is 0 Å². The van der Waals surface area contributed by atoms with E-state index in [-0.39, 0.29) is 6.17 Å². The molecule has 0 aromatic rings. The highest BCUT2D eigenvalue weighted by molar-refractivity contribution is 5.86. The summed E-state index contributed by atoms with van der Waals surface area (Å²) in [6, 6.07) is 0. The highest BCUT2D eigenvalue weighted by atomic mass is 16.3. The number of fused-ring (bicyclic) bond motifs is 1. The van der Waals surface area contributed by atoms with Crippen LogP contribution in [0.1, 0.15) is 32.6 Å². The molecule has 1 saturated heterocycles. The minimum atomic E-state index is 0.274. The third-order valence-electron chi connectivity index (χ3n) is 5.34. The molecule has 3 N–H and O–H groups in total. The van der Waals surface area contributed by atoms with E-state index in [2.05, 4.69) is 28.6 Å². The van der Waals surface area contributed by atoms with Gasteiger partial charge >= 0.3 is 0 Å². The van der Waals surface area contributed by atoms with E-state index in [4.69, 9.17) is 5.10 Å². The molecule has 0 aromatic heterocycles. The second-order valence-electron chi connectivity index (χ2n) is 6.71. The Hall–Kier alpha value is -1.75. The summed E-state index contributed by atoms with van der Waals surface area (Å²) in [5.41, 5.74) is 3.89. The average Bonchev–Trinajstić information content (AvgIpc) is 3.13. The van der Waals surface area contributed by atoms with Gasteiger partial charge in [0.15, 0.2) is 0 Å². The lowest BCUT2D eigenvalue weighted by Gasteiger charge is -2.28. The Labute approximate surface area is 131 Å². The van der Waals surface area contributed by atoms with Crippen LogP contribution in [0.5, 0.6) is 0 Å². The van der Waals surface area contributed by atoms with Gasteiger partial charge in [-0.3, -0.25) is 10.3 Å². The quantitative estimate of drug-likeness (QED) is 0.732. The highest BCUT2D eigenvalue weighted by Crippen LogP contribution is 2.36. The predicted octanol–water partition coefficient (Wildman–Crippen LogP) is 2.23. The maximum atomic E-state index is 9.83. The van der Waals surface area contributed by atoms with Gasteiger partial charge in [-0.15, -0.1) is 0 Å². The Morgan fingerprint density at radius 3 is 3.18 bits per heavy atom. The van der Waals surface area contributed by atoms with Gasteiger partial charge in [-0.25, -0.2) is 0 Å². The SMILES string of the molecule is CC1=NN(C2=C3CCNC3NC=C2)CC1C1CCC=C(O)C1. The molecule has 5 nitrogen and oxygen atoms in total. The second-order valence-corrected chi connectivity index (χ2v) is 6.71. The fraction of sp³-hybridized carbons (Fsp3) is 0.588. The van der Waals surface area contributed by atoms with Gasteiger partial charge in [0.2, 0.25) is 0 Å². The van der Waals surface area contributed by atoms with Crippen molar-refractivity contribution in [1.82, 2.24) is 15.6 Å². The van der Waals surface area contributed by atoms with Crippen LogP contribution < -0.4 is 10.6 Å². The number of hydrazone groups is 1. The van der Waals surface area contributed by atoms with Crippen molar-refractivity contribution < 1.29 is 5.11 Å². The molecule has 3 heterocycles. The first-order chi connectivity index (χ1) is 10.7. The van der Waals surface area contributed by atoms with Crippen molar-refractivity contribution >= 4 is 5.71 Å². The van der Waals surface area contributed by atoms with Gasteiger partial charge in [0.25, 0.3) is 0 Å². The van der Waals surface area contributed by atoms with Crippen molar-refractivity contribution in [3.63, 3.8) is 0 Å². The molecule has 0 saturated carbocycles.